The van der Waals surface area contributed by atoms with E-state index in [1.807, 2.05) is 35.2 Å². The molecule has 1 aromatic heterocycles. The standard InChI is InChI=1S/C19H23N3O2/c23-17-3-1-9-19(17)10-2-12-22(13-19)18(24)15-6-4-14(5-7-15)16-8-11-20-21-16/h4-8,11,17,23H,1-3,9-10,12-13H2,(H,20,21)/t17-,19-/m1/s1. The fraction of sp³-hybridized carbons (Fsp3) is 0.474. The molecule has 2 fully saturated rings. The lowest BCUT2D eigenvalue weighted by Crippen LogP contribution is -2.49. The van der Waals surface area contributed by atoms with Crippen molar-refractivity contribution in [3.8, 4) is 11.3 Å². The van der Waals surface area contributed by atoms with Crippen LogP contribution in [0.1, 0.15) is 42.5 Å². The molecule has 4 rings (SSSR count). The van der Waals surface area contributed by atoms with E-state index in [-0.39, 0.29) is 17.4 Å². The summed E-state index contributed by atoms with van der Waals surface area (Å²) in [7, 11) is 0. The number of aromatic nitrogens is 2. The number of aromatic amines is 1. The molecule has 2 heterocycles. The molecule has 1 saturated heterocycles. The number of likely N-dealkylation sites (tertiary alicyclic amines) is 1. The summed E-state index contributed by atoms with van der Waals surface area (Å²) >= 11 is 0. The van der Waals surface area contributed by atoms with Crippen LogP contribution in [0.4, 0.5) is 0 Å². The normalized spacial score (nSPS) is 26.9. The molecule has 2 aliphatic rings. The van der Waals surface area contributed by atoms with Crippen molar-refractivity contribution < 1.29 is 9.90 Å². The van der Waals surface area contributed by atoms with Crippen LogP contribution in [-0.4, -0.2) is 45.3 Å². The smallest absolute Gasteiger partial charge is 0.253 e. The number of hydrogen-bond donors (Lipinski definition) is 2. The van der Waals surface area contributed by atoms with Gasteiger partial charge in [-0.25, -0.2) is 0 Å². The molecule has 0 bridgehead atoms. The van der Waals surface area contributed by atoms with Crippen molar-refractivity contribution in [1.82, 2.24) is 15.1 Å². The van der Waals surface area contributed by atoms with Crippen LogP contribution in [-0.2, 0) is 0 Å². The summed E-state index contributed by atoms with van der Waals surface area (Å²) in [6.07, 6.45) is 6.47. The third kappa shape index (κ3) is 2.63. The van der Waals surface area contributed by atoms with Crippen molar-refractivity contribution in [3.63, 3.8) is 0 Å². The number of nitrogens with zero attached hydrogens (tertiary/aromatic N) is 2. The number of nitrogens with one attached hydrogen (secondary N) is 1. The Morgan fingerprint density at radius 3 is 2.67 bits per heavy atom. The third-order valence-corrected chi connectivity index (χ3v) is 5.70. The molecule has 0 unspecified atom stereocenters. The van der Waals surface area contributed by atoms with Gasteiger partial charge >= 0.3 is 0 Å². The lowest BCUT2D eigenvalue weighted by atomic mass is 9.76. The molecule has 126 valence electrons. The Morgan fingerprint density at radius 1 is 1.21 bits per heavy atom. The number of H-pyrrole nitrogens is 1. The second kappa shape index (κ2) is 6.06. The number of carbonyl (C=O) groups excluding carboxylic acids is 1. The topological polar surface area (TPSA) is 69.2 Å². The van der Waals surface area contributed by atoms with Gasteiger partial charge in [-0.3, -0.25) is 9.89 Å². The van der Waals surface area contributed by atoms with Crippen LogP contribution in [0.15, 0.2) is 36.5 Å². The van der Waals surface area contributed by atoms with Crippen molar-refractivity contribution in [3.05, 3.63) is 42.1 Å². The van der Waals surface area contributed by atoms with Gasteiger partial charge in [-0.05, 0) is 49.4 Å². The zero-order valence-electron chi connectivity index (χ0n) is 13.7. The molecule has 1 saturated carbocycles. The zero-order valence-corrected chi connectivity index (χ0v) is 13.7. The average molecular weight is 325 g/mol. The van der Waals surface area contributed by atoms with Gasteiger partial charge in [0.05, 0.1) is 11.8 Å². The first-order valence-electron chi connectivity index (χ1n) is 8.75. The van der Waals surface area contributed by atoms with E-state index in [2.05, 4.69) is 10.2 Å². The van der Waals surface area contributed by atoms with E-state index in [0.29, 0.717) is 12.1 Å². The van der Waals surface area contributed by atoms with Crippen LogP contribution in [0.25, 0.3) is 11.3 Å². The molecule has 1 spiro atoms. The Hall–Kier alpha value is -2.14. The van der Waals surface area contributed by atoms with Crippen molar-refractivity contribution in [2.75, 3.05) is 13.1 Å². The summed E-state index contributed by atoms with van der Waals surface area (Å²) in [6.45, 7) is 1.48. The highest BCUT2D eigenvalue weighted by molar-refractivity contribution is 5.94. The van der Waals surface area contributed by atoms with E-state index >= 15 is 0 Å². The summed E-state index contributed by atoms with van der Waals surface area (Å²) in [5.74, 6) is 0.0735. The van der Waals surface area contributed by atoms with Gasteiger partial charge in [-0.1, -0.05) is 18.6 Å². The molecule has 1 aromatic carbocycles. The van der Waals surface area contributed by atoms with Crippen LogP contribution in [0.5, 0.6) is 0 Å². The third-order valence-electron chi connectivity index (χ3n) is 5.70. The van der Waals surface area contributed by atoms with E-state index < -0.39 is 0 Å². The van der Waals surface area contributed by atoms with E-state index in [0.717, 1.165) is 49.9 Å². The number of aliphatic hydroxyl groups is 1. The molecule has 1 aliphatic heterocycles. The van der Waals surface area contributed by atoms with Gasteiger partial charge in [0.15, 0.2) is 0 Å². The number of hydrogen-bond acceptors (Lipinski definition) is 3. The fourth-order valence-electron chi connectivity index (χ4n) is 4.32. The Bertz CT molecular complexity index is 711. The Kier molecular flexibility index (Phi) is 3.88. The summed E-state index contributed by atoms with van der Waals surface area (Å²) in [5.41, 5.74) is 2.61. The first-order valence-corrected chi connectivity index (χ1v) is 8.75. The maximum Gasteiger partial charge on any atom is 0.253 e. The molecular weight excluding hydrogens is 302 g/mol. The van der Waals surface area contributed by atoms with E-state index in [1.165, 1.54) is 0 Å². The van der Waals surface area contributed by atoms with Crippen molar-refractivity contribution in [2.45, 2.75) is 38.2 Å². The first kappa shape index (κ1) is 15.4. The van der Waals surface area contributed by atoms with Crippen molar-refractivity contribution in [2.24, 2.45) is 5.41 Å². The fourth-order valence-corrected chi connectivity index (χ4v) is 4.32. The zero-order chi connectivity index (χ0) is 16.6. The van der Waals surface area contributed by atoms with Gasteiger partial charge in [0, 0.05) is 30.3 Å². The predicted molar refractivity (Wildman–Crippen MR) is 91.5 cm³/mol. The highest BCUT2D eigenvalue weighted by Gasteiger charge is 2.45. The number of carbonyl (C=O) groups is 1. The Morgan fingerprint density at radius 2 is 2.00 bits per heavy atom. The van der Waals surface area contributed by atoms with Gasteiger partial charge in [-0.15, -0.1) is 0 Å². The Labute approximate surface area is 141 Å². The lowest BCUT2D eigenvalue weighted by Gasteiger charge is -2.42. The van der Waals surface area contributed by atoms with Gasteiger partial charge in [0.1, 0.15) is 0 Å². The van der Waals surface area contributed by atoms with Crippen LogP contribution in [0.2, 0.25) is 0 Å². The minimum absolute atomic E-state index is 0.0657. The summed E-state index contributed by atoms with van der Waals surface area (Å²) in [4.78, 5) is 14.8. The highest BCUT2D eigenvalue weighted by Crippen LogP contribution is 2.45. The maximum atomic E-state index is 12.9. The van der Waals surface area contributed by atoms with E-state index in [4.69, 9.17) is 0 Å². The molecule has 5 heteroatoms. The maximum absolute atomic E-state index is 12.9. The van der Waals surface area contributed by atoms with Crippen molar-refractivity contribution in [1.29, 1.82) is 0 Å². The molecule has 0 radical (unpaired) electrons. The monoisotopic (exact) mass is 325 g/mol. The number of amides is 1. The summed E-state index contributed by atoms with van der Waals surface area (Å²) in [6, 6.07) is 9.57. The molecule has 5 nitrogen and oxygen atoms in total. The molecular formula is C19H23N3O2. The quantitative estimate of drug-likeness (QED) is 0.892. The number of piperidine rings is 1. The van der Waals surface area contributed by atoms with Gasteiger partial charge in [0.25, 0.3) is 5.91 Å². The number of rotatable bonds is 2. The van der Waals surface area contributed by atoms with Gasteiger partial charge in [0.2, 0.25) is 0 Å². The van der Waals surface area contributed by atoms with Crippen LogP contribution >= 0.6 is 0 Å². The second-order valence-electron chi connectivity index (χ2n) is 7.15. The molecule has 1 amide bonds. The molecule has 1 aliphatic carbocycles. The highest BCUT2D eigenvalue weighted by atomic mass is 16.3. The van der Waals surface area contributed by atoms with E-state index in [1.54, 1.807) is 6.20 Å². The largest absolute Gasteiger partial charge is 0.392 e. The van der Waals surface area contributed by atoms with Crippen LogP contribution in [0.3, 0.4) is 0 Å². The molecule has 24 heavy (non-hydrogen) atoms. The number of aliphatic hydroxyl groups excluding tert-OH is 1. The van der Waals surface area contributed by atoms with E-state index in [9.17, 15) is 9.90 Å². The summed E-state index contributed by atoms with van der Waals surface area (Å²) in [5, 5.41) is 17.3. The van der Waals surface area contributed by atoms with Crippen LogP contribution < -0.4 is 0 Å². The van der Waals surface area contributed by atoms with Crippen LogP contribution in [0, 0.1) is 5.41 Å². The van der Waals surface area contributed by atoms with Gasteiger partial charge in [-0.2, -0.15) is 5.10 Å². The molecule has 2 N–H and O–H groups in total. The average Bonchev–Trinajstić information content (AvgIpc) is 3.26. The first-order chi connectivity index (χ1) is 11.7. The van der Waals surface area contributed by atoms with Gasteiger partial charge < -0.3 is 10.0 Å². The number of benzene rings is 1. The minimum Gasteiger partial charge on any atom is -0.392 e. The predicted octanol–water partition coefficient (Wildman–Crippen LogP) is 2.84. The summed E-state index contributed by atoms with van der Waals surface area (Å²) < 4.78 is 0. The lowest BCUT2D eigenvalue weighted by molar-refractivity contribution is -0.00535. The Balaban J connectivity index is 1.51. The molecule has 2 atom stereocenters. The SMILES string of the molecule is O=C(c1ccc(-c2ccn[nH]2)cc1)N1CCC[C@]2(CCC[C@H]2O)C1. The second-order valence-corrected chi connectivity index (χ2v) is 7.15. The van der Waals surface area contributed by atoms with Crippen molar-refractivity contribution >= 4 is 5.91 Å². The minimum atomic E-state index is -0.254. The molecule has 2 aromatic rings.